The fourth-order valence-electron chi connectivity index (χ4n) is 1.34. The number of rotatable bonds is 2. The Labute approximate surface area is 122 Å². The summed E-state index contributed by atoms with van der Waals surface area (Å²) >= 11 is 5.06. The van der Waals surface area contributed by atoms with E-state index in [-0.39, 0.29) is 11.5 Å². The molecule has 0 aromatic heterocycles. The Morgan fingerprint density at radius 2 is 1.70 bits per heavy atom. The van der Waals surface area contributed by atoms with Gasteiger partial charge in [-0.1, -0.05) is 48.0 Å². The van der Waals surface area contributed by atoms with Crippen LogP contribution < -0.4 is 0 Å². The number of carbonyl (C=O) groups is 1. The molecule has 2 rings (SSSR count). The number of phenols is 2. The normalized spacial score (nSPS) is 9.90. The predicted molar refractivity (Wildman–Crippen MR) is 80.8 cm³/mol. The van der Waals surface area contributed by atoms with Gasteiger partial charge in [0.15, 0.2) is 11.5 Å². The van der Waals surface area contributed by atoms with E-state index in [4.69, 9.17) is 21.8 Å². The zero-order valence-corrected chi connectivity index (χ0v) is 11.7. The number of halogens is 1. The molecule has 104 valence electrons. The summed E-state index contributed by atoms with van der Waals surface area (Å²) in [5.74, 6) is -0.432. The van der Waals surface area contributed by atoms with E-state index in [0.29, 0.717) is 5.56 Å². The first-order chi connectivity index (χ1) is 9.49. The van der Waals surface area contributed by atoms with Gasteiger partial charge in [-0.2, -0.15) is 0 Å². The highest BCUT2D eigenvalue weighted by Gasteiger charge is 1.97. The summed E-state index contributed by atoms with van der Waals surface area (Å²) in [6.07, 6.45) is 2.60. The minimum atomic E-state index is -0.590. The molecule has 0 saturated carbocycles. The van der Waals surface area contributed by atoms with Gasteiger partial charge < -0.3 is 10.2 Å². The molecule has 0 unspecified atom stereocenters. The number of phenolic OH excluding ortho intramolecular Hbond substituents is 2. The molecule has 0 saturated heterocycles. The van der Waals surface area contributed by atoms with Crippen LogP contribution >= 0.6 is 11.6 Å². The zero-order chi connectivity index (χ0) is 15.0. The lowest BCUT2D eigenvalue weighted by Crippen LogP contribution is -1.77. The molecule has 0 aliphatic carbocycles. The summed E-state index contributed by atoms with van der Waals surface area (Å²) in [7, 11) is 0. The molecule has 0 spiro atoms. The van der Waals surface area contributed by atoms with Crippen LogP contribution in [0.25, 0.3) is 6.08 Å². The van der Waals surface area contributed by atoms with E-state index < -0.39 is 5.24 Å². The lowest BCUT2D eigenvalue weighted by molar-refractivity contribution is -0.107. The van der Waals surface area contributed by atoms with Crippen LogP contribution in [0.2, 0.25) is 0 Å². The standard InChI is InChI=1S/C9H7ClO3.C7H8/c10-9(13)4-2-6-1-3-7(11)8(12)5-6;1-7-5-3-2-4-6-7/h1-5,11-12H;2-6H,1H3. The van der Waals surface area contributed by atoms with Gasteiger partial charge >= 0.3 is 0 Å². The lowest BCUT2D eigenvalue weighted by Gasteiger charge is -1.97. The van der Waals surface area contributed by atoms with Crippen LogP contribution in [0, 0.1) is 6.92 Å². The van der Waals surface area contributed by atoms with Crippen molar-refractivity contribution >= 4 is 22.9 Å². The lowest BCUT2D eigenvalue weighted by atomic mass is 10.2. The summed E-state index contributed by atoms with van der Waals surface area (Å²) < 4.78 is 0. The minimum Gasteiger partial charge on any atom is -0.504 e. The number of allylic oxidation sites excluding steroid dienone is 1. The predicted octanol–water partition coefficient (Wildman–Crippen LogP) is 3.87. The molecule has 2 N–H and O–H groups in total. The SMILES string of the molecule is Cc1ccccc1.O=C(Cl)C=Cc1ccc(O)c(O)c1. The highest BCUT2D eigenvalue weighted by Crippen LogP contribution is 2.25. The summed E-state index contributed by atoms with van der Waals surface area (Å²) in [4.78, 5) is 10.3. The second-order valence-corrected chi connectivity index (χ2v) is 4.41. The molecule has 0 fully saturated rings. The molecule has 0 atom stereocenters. The van der Waals surface area contributed by atoms with Gasteiger partial charge in [0, 0.05) is 0 Å². The van der Waals surface area contributed by atoms with Crippen LogP contribution in [0.5, 0.6) is 11.5 Å². The maximum Gasteiger partial charge on any atom is 0.245 e. The van der Waals surface area contributed by atoms with Crippen molar-refractivity contribution in [2.24, 2.45) is 0 Å². The second-order valence-electron chi connectivity index (χ2n) is 4.04. The molecule has 20 heavy (non-hydrogen) atoms. The Balaban J connectivity index is 0.000000240. The van der Waals surface area contributed by atoms with Crippen LogP contribution in [-0.4, -0.2) is 15.5 Å². The van der Waals surface area contributed by atoms with Crippen molar-refractivity contribution in [3.63, 3.8) is 0 Å². The smallest absolute Gasteiger partial charge is 0.245 e. The Kier molecular flexibility index (Phi) is 6.33. The molecule has 0 amide bonds. The van der Waals surface area contributed by atoms with Crippen molar-refractivity contribution < 1.29 is 15.0 Å². The first-order valence-electron chi connectivity index (χ1n) is 5.90. The molecule has 2 aromatic carbocycles. The second kappa shape index (κ2) is 8.02. The number of hydrogen-bond donors (Lipinski definition) is 2. The Hall–Kier alpha value is -2.26. The van der Waals surface area contributed by atoms with Gasteiger partial charge in [-0.05, 0) is 42.3 Å². The van der Waals surface area contributed by atoms with Crippen molar-refractivity contribution in [2.45, 2.75) is 6.92 Å². The third-order valence-corrected chi connectivity index (χ3v) is 2.47. The Morgan fingerprint density at radius 1 is 1.05 bits per heavy atom. The molecular formula is C16H15ClO3. The van der Waals surface area contributed by atoms with Crippen LogP contribution in [0.1, 0.15) is 11.1 Å². The van der Waals surface area contributed by atoms with Gasteiger partial charge in [0.05, 0.1) is 0 Å². The Bertz CT molecular complexity index is 592. The Morgan fingerprint density at radius 3 is 2.15 bits per heavy atom. The molecule has 2 aromatic rings. The fourth-order valence-corrected chi connectivity index (χ4v) is 1.40. The summed E-state index contributed by atoms with van der Waals surface area (Å²) in [5.41, 5.74) is 1.91. The van der Waals surface area contributed by atoms with E-state index in [9.17, 15) is 4.79 Å². The molecule has 4 heteroatoms. The summed E-state index contributed by atoms with van der Waals surface area (Å²) in [6, 6.07) is 14.5. The van der Waals surface area contributed by atoms with Crippen LogP contribution in [0.15, 0.2) is 54.6 Å². The van der Waals surface area contributed by atoms with E-state index in [2.05, 4.69) is 19.1 Å². The fraction of sp³-hybridized carbons (Fsp3) is 0.0625. The monoisotopic (exact) mass is 290 g/mol. The molecule has 0 heterocycles. The van der Waals surface area contributed by atoms with Gasteiger partial charge in [-0.3, -0.25) is 4.79 Å². The van der Waals surface area contributed by atoms with Crippen LogP contribution in [0.4, 0.5) is 0 Å². The van der Waals surface area contributed by atoms with E-state index in [1.54, 1.807) is 6.07 Å². The average Bonchev–Trinajstić information content (AvgIpc) is 2.42. The third kappa shape index (κ3) is 6.07. The van der Waals surface area contributed by atoms with E-state index in [0.717, 1.165) is 6.08 Å². The summed E-state index contributed by atoms with van der Waals surface area (Å²) in [6.45, 7) is 2.08. The topological polar surface area (TPSA) is 57.5 Å². The van der Waals surface area contributed by atoms with Crippen molar-refractivity contribution in [1.29, 1.82) is 0 Å². The minimum absolute atomic E-state index is 0.200. The zero-order valence-electron chi connectivity index (χ0n) is 11.0. The van der Waals surface area contributed by atoms with E-state index in [1.807, 2.05) is 18.2 Å². The van der Waals surface area contributed by atoms with E-state index in [1.165, 1.54) is 23.8 Å². The maximum atomic E-state index is 10.3. The number of benzene rings is 2. The number of carbonyl (C=O) groups excluding carboxylic acids is 1. The molecule has 0 aliphatic rings. The largest absolute Gasteiger partial charge is 0.504 e. The molecule has 3 nitrogen and oxygen atoms in total. The van der Waals surface area contributed by atoms with Crippen molar-refractivity contribution in [3.05, 3.63) is 65.7 Å². The van der Waals surface area contributed by atoms with Crippen molar-refractivity contribution in [2.75, 3.05) is 0 Å². The van der Waals surface area contributed by atoms with Crippen molar-refractivity contribution in [3.8, 4) is 11.5 Å². The van der Waals surface area contributed by atoms with Gasteiger partial charge in [0.2, 0.25) is 5.24 Å². The molecule has 0 radical (unpaired) electrons. The third-order valence-electron chi connectivity index (χ3n) is 2.35. The number of aryl methyl sites for hydroxylation is 1. The number of hydrogen-bond acceptors (Lipinski definition) is 3. The maximum absolute atomic E-state index is 10.3. The van der Waals surface area contributed by atoms with Gasteiger partial charge in [-0.15, -0.1) is 0 Å². The van der Waals surface area contributed by atoms with Gasteiger partial charge in [0.1, 0.15) is 0 Å². The highest BCUT2D eigenvalue weighted by molar-refractivity contribution is 6.66. The molecule has 0 bridgehead atoms. The van der Waals surface area contributed by atoms with Crippen molar-refractivity contribution in [1.82, 2.24) is 0 Å². The molecule has 0 aliphatic heterocycles. The quantitative estimate of drug-likeness (QED) is 0.501. The summed E-state index contributed by atoms with van der Waals surface area (Å²) in [5, 5.41) is 17.4. The van der Waals surface area contributed by atoms with E-state index >= 15 is 0 Å². The van der Waals surface area contributed by atoms with Gasteiger partial charge in [-0.25, -0.2) is 0 Å². The molecular weight excluding hydrogens is 276 g/mol. The van der Waals surface area contributed by atoms with Gasteiger partial charge in [0.25, 0.3) is 0 Å². The first kappa shape index (κ1) is 15.8. The average molecular weight is 291 g/mol. The van der Waals surface area contributed by atoms with Crippen LogP contribution in [0.3, 0.4) is 0 Å². The van der Waals surface area contributed by atoms with Crippen LogP contribution in [-0.2, 0) is 4.79 Å². The highest BCUT2D eigenvalue weighted by atomic mass is 35.5. The number of aromatic hydroxyl groups is 2. The first-order valence-corrected chi connectivity index (χ1v) is 6.28.